The number of nitrogens with zero attached hydrogens (tertiary/aromatic N) is 1. The Labute approximate surface area is 124 Å². The number of para-hydroxylation sites is 1. The van der Waals surface area contributed by atoms with Crippen molar-refractivity contribution < 1.29 is 0 Å². The van der Waals surface area contributed by atoms with Crippen LogP contribution in [0.3, 0.4) is 0 Å². The lowest BCUT2D eigenvalue weighted by Gasteiger charge is -2.41. The maximum atomic E-state index is 3.60. The van der Waals surface area contributed by atoms with Crippen molar-refractivity contribution in [3.8, 4) is 0 Å². The molecule has 2 rings (SSSR count). The van der Waals surface area contributed by atoms with Gasteiger partial charge in [-0.15, -0.1) is 0 Å². The SMILES string of the molecule is CCNCC1(CN(C)c2ccccc2C)CCCCC1. The quantitative estimate of drug-likeness (QED) is 0.843. The summed E-state index contributed by atoms with van der Waals surface area (Å²) in [7, 11) is 2.25. The van der Waals surface area contributed by atoms with Crippen molar-refractivity contribution in [2.45, 2.75) is 46.0 Å². The third-order valence-electron chi connectivity index (χ3n) is 4.76. The molecule has 0 atom stereocenters. The van der Waals surface area contributed by atoms with Gasteiger partial charge in [0.15, 0.2) is 0 Å². The topological polar surface area (TPSA) is 15.3 Å². The first kappa shape index (κ1) is 15.4. The fraction of sp³-hybridized carbons (Fsp3) is 0.667. The molecule has 0 saturated heterocycles. The van der Waals surface area contributed by atoms with E-state index >= 15 is 0 Å². The van der Waals surface area contributed by atoms with Crippen molar-refractivity contribution in [1.82, 2.24) is 5.32 Å². The van der Waals surface area contributed by atoms with Crippen molar-refractivity contribution in [3.63, 3.8) is 0 Å². The molecule has 0 spiro atoms. The van der Waals surface area contributed by atoms with Gasteiger partial charge in [-0.3, -0.25) is 0 Å². The largest absolute Gasteiger partial charge is 0.374 e. The smallest absolute Gasteiger partial charge is 0.0393 e. The molecule has 1 aliphatic rings. The van der Waals surface area contributed by atoms with E-state index in [1.807, 2.05) is 0 Å². The first-order chi connectivity index (χ1) is 9.67. The summed E-state index contributed by atoms with van der Waals surface area (Å²) in [4.78, 5) is 2.47. The first-order valence-electron chi connectivity index (χ1n) is 8.14. The van der Waals surface area contributed by atoms with Gasteiger partial charge in [0.05, 0.1) is 0 Å². The van der Waals surface area contributed by atoms with E-state index in [1.165, 1.54) is 56.4 Å². The molecule has 1 saturated carbocycles. The summed E-state index contributed by atoms with van der Waals surface area (Å²) in [6, 6.07) is 8.74. The predicted molar refractivity (Wildman–Crippen MR) is 88.5 cm³/mol. The summed E-state index contributed by atoms with van der Waals surface area (Å²) >= 11 is 0. The second kappa shape index (κ2) is 7.12. The van der Waals surface area contributed by atoms with Gasteiger partial charge in [-0.1, -0.05) is 44.4 Å². The minimum Gasteiger partial charge on any atom is -0.374 e. The van der Waals surface area contributed by atoms with Crippen LogP contribution in [0.1, 0.15) is 44.6 Å². The van der Waals surface area contributed by atoms with Crippen LogP contribution < -0.4 is 10.2 Å². The lowest BCUT2D eigenvalue weighted by Crippen LogP contribution is -2.44. The lowest BCUT2D eigenvalue weighted by atomic mass is 9.73. The number of rotatable bonds is 6. The summed E-state index contributed by atoms with van der Waals surface area (Å²) in [6.07, 6.45) is 6.95. The molecule has 0 aromatic heterocycles. The minimum atomic E-state index is 0.464. The van der Waals surface area contributed by atoms with E-state index in [4.69, 9.17) is 0 Å². The highest BCUT2D eigenvalue weighted by atomic mass is 15.1. The molecule has 0 heterocycles. The van der Waals surface area contributed by atoms with Crippen LogP contribution in [0.15, 0.2) is 24.3 Å². The van der Waals surface area contributed by atoms with Crippen LogP contribution in [-0.2, 0) is 0 Å². The molecule has 0 unspecified atom stereocenters. The molecule has 0 bridgehead atoms. The normalized spacial score (nSPS) is 17.9. The molecule has 1 aromatic carbocycles. The summed E-state index contributed by atoms with van der Waals surface area (Å²) in [6.45, 7) is 7.84. The number of hydrogen-bond donors (Lipinski definition) is 1. The van der Waals surface area contributed by atoms with E-state index < -0.39 is 0 Å². The van der Waals surface area contributed by atoms with Crippen molar-refractivity contribution in [1.29, 1.82) is 0 Å². The molecule has 20 heavy (non-hydrogen) atoms. The second-order valence-corrected chi connectivity index (χ2v) is 6.48. The van der Waals surface area contributed by atoms with Crippen molar-refractivity contribution in [3.05, 3.63) is 29.8 Å². The summed E-state index contributed by atoms with van der Waals surface area (Å²) < 4.78 is 0. The number of aryl methyl sites for hydroxylation is 1. The van der Waals surface area contributed by atoms with Crippen LogP contribution >= 0.6 is 0 Å². The fourth-order valence-electron chi connectivity index (χ4n) is 3.66. The van der Waals surface area contributed by atoms with Crippen LogP contribution in [0.4, 0.5) is 5.69 Å². The average molecular weight is 274 g/mol. The number of anilines is 1. The lowest BCUT2D eigenvalue weighted by molar-refractivity contribution is 0.190. The van der Waals surface area contributed by atoms with Crippen LogP contribution in [0.2, 0.25) is 0 Å². The molecule has 2 nitrogen and oxygen atoms in total. The van der Waals surface area contributed by atoms with Crippen molar-refractivity contribution in [2.24, 2.45) is 5.41 Å². The van der Waals surface area contributed by atoms with Crippen LogP contribution in [0, 0.1) is 12.3 Å². The Morgan fingerprint density at radius 2 is 1.85 bits per heavy atom. The fourth-order valence-corrected chi connectivity index (χ4v) is 3.66. The second-order valence-electron chi connectivity index (χ2n) is 6.48. The average Bonchev–Trinajstić information content (AvgIpc) is 2.46. The summed E-state index contributed by atoms with van der Waals surface area (Å²) in [5, 5.41) is 3.60. The number of nitrogens with one attached hydrogen (secondary N) is 1. The Bertz CT molecular complexity index is 408. The van der Waals surface area contributed by atoms with Crippen molar-refractivity contribution >= 4 is 5.69 Å². The molecular formula is C18H30N2. The van der Waals surface area contributed by atoms with Gasteiger partial charge < -0.3 is 10.2 Å². The van der Waals surface area contributed by atoms with Crippen molar-refractivity contribution in [2.75, 3.05) is 31.6 Å². The van der Waals surface area contributed by atoms with E-state index in [0.717, 1.165) is 6.54 Å². The maximum Gasteiger partial charge on any atom is 0.0393 e. The number of benzene rings is 1. The van der Waals surface area contributed by atoms with E-state index in [1.54, 1.807) is 0 Å². The Morgan fingerprint density at radius 1 is 1.15 bits per heavy atom. The first-order valence-corrected chi connectivity index (χ1v) is 8.14. The Hall–Kier alpha value is -1.02. The summed E-state index contributed by atoms with van der Waals surface area (Å²) in [5.41, 5.74) is 3.23. The zero-order chi connectivity index (χ0) is 14.4. The third-order valence-corrected chi connectivity index (χ3v) is 4.76. The van der Waals surface area contributed by atoms with Crippen LogP contribution in [0.5, 0.6) is 0 Å². The minimum absolute atomic E-state index is 0.464. The Balaban J connectivity index is 2.08. The Kier molecular flexibility index (Phi) is 5.47. The van der Waals surface area contributed by atoms with Gasteiger partial charge in [0.25, 0.3) is 0 Å². The zero-order valence-electron chi connectivity index (χ0n) is 13.4. The molecule has 1 N–H and O–H groups in total. The van der Waals surface area contributed by atoms with Gasteiger partial charge in [0.1, 0.15) is 0 Å². The Morgan fingerprint density at radius 3 is 2.50 bits per heavy atom. The molecule has 0 aliphatic heterocycles. The van der Waals surface area contributed by atoms with E-state index in [-0.39, 0.29) is 0 Å². The predicted octanol–water partition coefficient (Wildman–Crippen LogP) is 3.99. The molecular weight excluding hydrogens is 244 g/mol. The molecule has 112 valence electrons. The zero-order valence-corrected chi connectivity index (χ0v) is 13.4. The molecule has 0 radical (unpaired) electrons. The van der Waals surface area contributed by atoms with Gasteiger partial charge in [0, 0.05) is 31.2 Å². The van der Waals surface area contributed by atoms with Crippen LogP contribution in [0.25, 0.3) is 0 Å². The third kappa shape index (κ3) is 3.76. The number of hydrogen-bond acceptors (Lipinski definition) is 2. The highest BCUT2D eigenvalue weighted by molar-refractivity contribution is 5.52. The van der Waals surface area contributed by atoms with Gasteiger partial charge in [0.2, 0.25) is 0 Å². The molecule has 2 heteroatoms. The van der Waals surface area contributed by atoms with E-state index in [9.17, 15) is 0 Å². The standard InChI is InChI=1S/C18H30N2/c1-4-19-14-18(12-8-5-9-13-18)15-20(3)17-11-7-6-10-16(17)2/h6-7,10-11,19H,4-5,8-9,12-15H2,1-3H3. The molecule has 1 fully saturated rings. The molecule has 1 aliphatic carbocycles. The van der Waals surface area contributed by atoms with Gasteiger partial charge in [-0.2, -0.15) is 0 Å². The molecule has 0 amide bonds. The van der Waals surface area contributed by atoms with Gasteiger partial charge in [-0.05, 0) is 37.9 Å². The highest BCUT2D eigenvalue weighted by Crippen LogP contribution is 2.37. The van der Waals surface area contributed by atoms with E-state index in [0.29, 0.717) is 5.41 Å². The van der Waals surface area contributed by atoms with Gasteiger partial charge >= 0.3 is 0 Å². The van der Waals surface area contributed by atoms with Gasteiger partial charge in [-0.25, -0.2) is 0 Å². The van der Waals surface area contributed by atoms with E-state index in [2.05, 4.69) is 55.4 Å². The summed E-state index contributed by atoms with van der Waals surface area (Å²) in [5.74, 6) is 0. The van der Waals surface area contributed by atoms with Crippen LogP contribution in [-0.4, -0.2) is 26.7 Å². The molecule has 1 aromatic rings. The monoisotopic (exact) mass is 274 g/mol. The maximum absolute atomic E-state index is 3.60. The highest BCUT2D eigenvalue weighted by Gasteiger charge is 2.33.